The summed E-state index contributed by atoms with van der Waals surface area (Å²) in [4.78, 5) is 0. The maximum Gasteiger partial charge on any atom is 0.0825 e. The van der Waals surface area contributed by atoms with Crippen molar-refractivity contribution in [1.29, 1.82) is 0 Å². The minimum Gasteiger partial charge on any atom is -0.377 e. The molecule has 0 unspecified atom stereocenters. The molecule has 0 amide bonds. The van der Waals surface area contributed by atoms with Crippen molar-refractivity contribution in [1.82, 2.24) is 5.32 Å². The Morgan fingerprint density at radius 1 is 1.42 bits per heavy atom. The van der Waals surface area contributed by atoms with Gasteiger partial charge in [0.25, 0.3) is 0 Å². The van der Waals surface area contributed by atoms with E-state index in [-0.39, 0.29) is 5.60 Å². The first-order valence-electron chi connectivity index (χ1n) is 5.07. The van der Waals surface area contributed by atoms with E-state index >= 15 is 0 Å². The lowest BCUT2D eigenvalue weighted by molar-refractivity contribution is -0.0425. The molecule has 0 aromatic heterocycles. The van der Waals surface area contributed by atoms with Gasteiger partial charge in [-0.15, -0.1) is 0 Å². The fraction of sp³-hybridized carbons (Fsp3) is 1.00. The van der Waals surface area contributed by atoms with Gasteiger partial charge in [0, 0.05) is 13.2 Å². The molecule has 2 nitrogen and oxygen atoms in total. The van der Waals surface area contributed by atoms with Gasteiger partial charge in [-0.25, -0.2) is 0 Å². The molecular weight excluding hydrogens is 150 g/mol. The number of ether oxygens (including phenoxy) is 1. The van der Waals surface area contributed by atoms with Crippen molar-refractivity contribution in [3.63, 3.8) is 0 Å². The van der Waals surface area contributed by atoms with E-state index in [4.69, 9.17) is 4.74 Å². The average molecular weight is 171 g/mol. The minimum atomic E-state index is 0.0938. The van der Waals surface area contributed by atoms with Gasteiger partial charge in [0.1, 0.15) is 0 Å². The molecule has 72 valence electrons. The van der Waals surface area contributed by atoms with Crippen molar-refractivity contribution in [2.24, 2.45) is 0 Å². The number of hydrogen-bond acceptors (Lipinski definition) is 2. The largest absolute Gasteiger partial charge is 0.377 e. The topological polar surface area (TPSA) is 21.3 Å². The van der Waals surface area contributed by atoms with Crippen LogP contribution in [0.15, 0.2) is 0 Å². The first-order valence-corrected chi connectivity index (χ1v) is 5.07. The van der Waals surface area contributed by atoms with E-state index in [0.717, 1.165) is 19.4 Å². The van der Waals surface area contributed by atoms with E-state index in [1.165, 1.54) is 12.8 Å². The zero-order chi connectivity index (χ0) is 9.03. The van der Waals surface area contributed by atoms with Crippen LogP contribution in [0.5, 0.6) is 0 Å². The van der Waals surface area contributed by atoms with E-state index in [1.807, 2.05) is 7.11 Å². The quantitative estimate of drug-likeness (QED) is 0.698. The van der Waals surface area contributed by atoms with Crippen LogP contribution in [0.25, 0.3) is 0 Å². The molecule has 0 saturated carbocycles. The number of rotatable bonds is 4. The van der Waals surface area contributed by atoms with E-state index in [9.17, 15) is 0 Å². The second-order valence-corrected chi connectivity index (χ2v) is 3.62. The summed E-state index contributed by atoms with van der Waals surface area (Å²) in [6, 6.07) is 0.581. The number of methoxy groups -OCH3 is 1. The summed E-state index contributed by atoms with van der Waals surface area (Å²) in [6.07, 6.45) is 4.79. The summed E-state index contributed by atoms with van der Waals surface area (Å²) in [7, 11) is 1.84. The second-order valence-electron chi connectivity index (χ2n) is 3.62. The van der Waals surface area contributed by atoms with Crippen molar-refractivity contribution in [3.8, 4) is 0 Å². The Bertz CT molecular complexity index is 118. The van der Waals surface area contributed by atoms with Crippen LogP contribution in [0.2, 0.25) is 0 Å². The van der Waals surface area contributed by atoms with Crippen LogP contribution >= 0.6 is 0 Å². The van der Waals surface area contributed by atoms with Crippen LogP contribution in [-0.2, 0) is 4.74 Å². The molecule has 0 spiro atoms. The van der Waals surface area contributed by atoms with Gasteiger partial charge < -0.3 is 10.1 Å². The van der Waals surface area contributed by atoms with Crippen molar-refractivity contribution in [2.45, 2.75) is 51.2 Å². The van der Waals surface area contributed by atoms with Crippen LogP contribution in [0.4, 0.5) is 0 Å². The SMILES string of the molecule is CCC(CC)(OC)[C@H]1CCCN1. The molecule has 1 aliphatic rings. The molecule has 0 aromatic carbocycles. The second kappa shape index (κ2) is 4.24. The van der Waals surface area contributed by atoms with Gasteiger partial charge in [-0.3, -0.25) is 0 Å². The molecule has 2 heteroatoms. The monoisotopic (exact) mass is 171 g/mol. The molecule has 1 aliphatic heterocycles. The van der Waals surface area contributed by atoms with Gasteiger partial charge in [-0.05, 0) is 32.2 Å². The zero-order valence-electron chi connectivity index (χ0n) is 8.52. The molecule has 1 N–H and O–H groups in total. The van der Waals surface area contributed by atoms with Crippen molar-refractivity contribution in [3.05, 3.63) is 0 Å². The Morgan fingerprint density at radius 2 is 2.08 bits per heavy atom. The third-order valence-electron chi connectivity index (χ3n) is 3.30. The van der Waals surface area contributed by atoms with Crippen molar-refractivity contribution >= 4 is 0 Å². The molecule has 12 heavy (non-hydrogen) atoms. The average Bonchev–Trinajstić information content (AvgIpc) is 2.62. The summed E-state index contributed by atoms with van der Waals surface area (Å²) < 4.78 is 5.66. The van der Waals surface area contributed by atoms with Crippen LogP contribution in [-0.4, -0.2) is 25.3 Å². The lowest BCUT2D eigenvalue weighted by Gasteiger charge is -2.36. The fourth-order valence-electron chi connectivity index (χ4n) is 2.31. The van der Waals surface area contributed by atoms with E-state index in [1.54, 1.807) is 0 Å². The molecular formula is C10H21NO. The van der Waals surface area contributed by atoms with E-state index < -0.39 is 0 Å². The minimum absolute atomic E-state index is 0.0938. The molecule has 0 aromatic rings. The maximum atomic E-state index is 5.66. The first kappa shape index (κ1) is 10.0. The fourth-order valence-corrected chi connectivity index (χ4v) is 2.31. The Morgan fingerprint density at radius 3 is 2.42 bits per heavy atom. The summed E-state index contributed by atoms with van der Waals surface area (Å²) in [5, 5.41) is 3.53. The molecule has 0 bridgehead atoms. The van der Waals surface area contributed by atoms with E-state index in [0.29, 0.717) is 6.04 Å². The van der Waals surface area contributed by atoms with Crippen LogP contribution in [0, 0.1) is 0 Å². The first-order chi connectivity index (χ1) is 5.79. The highest BCUT2D eigenvalue weighted by Crippen LogP contribution is 2.28. The highest BCUT2D eigenvalue weighted by Gasteiger charge is 2.36. The van der Waals surface area contributed by atoms with Crippen molar-refractivity contribution < 1.29 is 4.74 Å². The Hall–Kier alpha value is -0.0800. The van der Waals surface area contributed by atoms with E-state index in [2.05, 4.69) is 19.2 Å². The molecule has 1 fully saturated rings. The number of nitrogens with one attached hydrogen (secondary N) is 1. The molecule has 0 aliphatic carbocycles. The third-order valence-corrected chi connectivity index (χ3v) is 3.30. The van der Waals surface area contributed by atoms with Gasteiger partial charge in [-0.1, -0.05) is 13.8 Å². The van der Waals surface area contributed by atoms with Crippen molar-refractivity contribution in [2.75, 3.05) is 13.7 Å². The van der Waals surface area contributed by atoms with Gasteiger partial charge in [-0.2, -0.15) is 0 Å². The summed E-state index contributed by atoms with van der Waals surface area (Å²) in [5.74, 6) is 0. The lowest BCUT2D eigenvalue weighted by Crippen LogP contribution is -2.48. The third kappa shape index (κ3) is 1.64. The smallest absolute Gasteiger partial charge is 0.0825 e. The van der Waals surface area contributed by atoms with Gasteiger partial charge in [0.05, 0.1) is 5.60 Å². The molecule has 1 saturated heterocycles. The highest BCUT2D eigenvalue weighted by molar-refractivity contribution is 4.94. The normalized spacial score (nSPS) is 24.8. The molecule has 1 atom stereocenters. The Kier molecular flexibility index (Phi) is 3.53. The Balaban J connectivity index is 2.61. The Labute approximate surface area is 75.7 Å². The molecule has 1 heterocycles. The zero-order valence-corrected chi connectivity index (χ0v) is 8.52. The lowest BCUT2D eigenvalue weighted by atomic mass is 9.87. The van der Waals surface area contributed by atoms with Crippen LogP contribution < -0.4 is 5.32 Å². The number of hydrogen-bond donors (Lipinski definition) is 1. The molecule has 1 rings (SSSR count). The van der Waals surface area contributed by atoms with Gasteiger partial charge in [0.15, 0.2) is 0 Å². The maximum absolute atomic E-state index is 5.66. The predicted octanol–water partition coefficient (Wildman–Crippen LogP) is 1.94. The van der Waals surface area contributed by atoms with Crippen LogP contribution in [0.3, 0.4) is 0 Å². The predicted molar refractivity (Wildman–Crippen MR) is 51.3 cm³/mol. The van der Waals surface area contributed by atoms with Crippen LogP contribution in [0.1, 0.15) is 39.5 Å². The van der Waals surface area contributed by atoms with Gasteiger partial charge in [0.2, 0.25) is 0 Å². The summed E-state index contributed by atoms with van der Waals surface area (Å²) >= 11 is 0. The highest BCUT2D eigenvalue weighted by atomic mass is 16.5. The molecule has 0 radical (unpaired) electrons. The van der Waals surface area contributed by atoms with Gasteiger partial charge >= 0.3 is 0 Å². The standard InChI is InChI=1S/C10H21NO/c1-4-10(5-2,12-3)9-7-6-8-11-9/h9,11H,4-8H2,1-3H3/t9-/m1/s1. The summed E-state index contributed by atoms with van der Waals surface area (Å²) in [5.41, 5.74) is 0.0938. The summed E-state index contributed by atoms with van der Waals surface area (Å²) in [6.45, 7) is 5.59.